The molecule has 0 saturated heterocycles. The van der Waals surface area contributed by atoms with Gasteiger partial charge in [0.2, 0.25) is 5.13 Å². The number of para-hydroxylation sites is 1. The first-order valence-corrected chi connectivity index (χ1v) is 16.7. The van der Waals surface area contributed by atoms with Crippen LogP contribution in [0.2, 0.25) is 10.0 Å². The van der Waals surface area contributed by atoms with Gasteiger partial charge in [-0.1, -0.05) is 89.7 Å². The fourth-order valence-corrected chi connectivity index (χ4v) is 6.71. The molecule has 0 aliphatic heterocycles. The number of carbonyl (C=O) groups is 1. The van der Waals surface area contributed by atoms with Crippen LogP contribution in [0.1, 0.15) is 40.7 Å². The molecule has 10 nitrogen and oxygen atoms in total. The van der Waals surface area contributed by atoms with Crippen molar-refractivity contribution in [3.63, 3.8) is 0 Å². The number of ether oxygens (including phenoxy) is 1. The van der Waals surface area contributed by atoms with Crippen LogP contribution in [0.3, 0.4) is 0 Å². The molecule has 4 rings (SSSR count). The minimum atomic E-state index is -2.77. The molecule has 1 N–H and O–H groups in total. The molecule has 2 aromatic heterocycles. The number of thiazole rings is 1. The second-order valence-corrected chi connectivity index (χ2v) is 13.1. The highest BCUT2D eigenvalue weighted by Crippen LogP contribution is 2.39. The number of hydrogen-bond donors (Lipinski definition) is 1. The quantitative estimate of drug-likeness (QED) is 0.0755. The maximum Gasteiger partial charge on any atom is 0.357 e. The van der Waals surface area contributed by atoms with Crippen LogP contribution in [-0.4, -0.2) is 53.7 Å². The highest BCUT2D eigenvalue weighted by molar-refractivity contribution is 8.23. The van der Waals surface area contributed by atoms with Gasteiger partial charge in [-0.05, 0) is 42.9 Å². The van der Waals surface area contributed by atoms with Crippen LogP contribution in [0.15, 0.2) is 42.5 Å². The second kappa shape index (κ2) is 14.9. The van der Waals surface area contributed by atoms with Gasteiger partial charge in [-0.3, -0.25) is 0 Å². The zero-order valence-corrected chi connectivity index (χ0v) is 28.2. The van der Waals surface area contributed by atoms with Gasteiger partial charge in [-0.2, -0.15) is 14.1 Å². The molecule has 1 unspecified atom stereocenters. The van der Waals surface area contributed by atoms with Crippen LogP contribution in [0.4, 0.5) is 10.7 Å². The topological polar surface area (TPSA) is 122 Å². The third-order valence-electron chi connectivity index (χ3n) is 6.08. The Kier molecular flexibility index (Phi) is 11.6. The van der Waals surface area contributed by atoms with Crippen molar-refractivity contribution in [2.45, 2.75) is 26.7 Å². The molecule has 0 bridgehead atoms. The fraction of sp³-hybridized carbons (Fsp3) is 0.259. The van der Waals surface area contributed by atoms with Crippen molar-refractivity contribution < 1.29 is 22.6 Å². The number of aromatic nitrogens is 3. The van der Waals surface area contributed by atoms with E-state index in [2.05, 4.69) is 17.3 Å². The van der Waals surface area contributed by atoms with E-state index in [0.29, 0.717) is 58.3 Å². The lowest BCUT2D eigenvalue weighted by molar-refractivity contribution is 0.0589. The Morgan fingerprint density at radius 2 is 2.00 bits per heavy atom. The highest BCUT2D eigenvalue weighted by atomic mass is 35.5. The number of nitrogens with one attached hydrogen (secondary N) is 1. The summed E-state index contributed by atoms with van der Waals surface area (Å²) in [5.74, 6) is 0.230. The van der Waals surface area contributed by atoms with Gasteiger partial charge < -0.3 is 14.6 Å². The summed E-state index contributed by atoms with van der Waals surface area (Å²) in [5, 5.41) is 10.9. The molecular weight excluding hydrogens is 674 g/mol. The molecule has 1 atom stereocenters. The first-order chi connectivity index (χ1) is 20.5. The number of thioether (sulfide) groups is 1. The summed E-state index contributed by atoms with van der Waals surface area (Å²) in [5.41, 5.74) is 3.74. The van der Waals surface area contributed by atoms with Crippen molar-refractivity contribution in [1.29, 1.82) is 0 Å². The lowest BCUT2D eigenvalue weighted by Crippen LogP contribution is -2.20. The standard InChI is InChI=1S/C27H27Cl2N5O5S4/c1-5-12-41-27(40)31-24-22(17-10-11-19(28)20(29)14-17)30-26(42-24)34-23(25(35)38-4)18(15(2)32-34)13-16-8-6-7-9-21(16)33(3)39-43(36)37/h6-11,14H,5,12-13H2,1-4H3,(H,31,40)(H,36,37)/p-1. The van der Waals surface area contributed by atoms with Crippen LogP contribution >= 0.6 is 58.5 Å². The van der Waals surface area contributed by atoms with E-state index in [0.717, 1.165) is 17.2 Å². The number of halogens is 2. The van der Waals surface area contributed by atoms with Crippen molar-refractivity contribution in [2.75, 3.05) is 30.3 Å². The highest BCUT2D eigenvalue weighted by Gasteiger charge is 2.27. The largest absolute Gasteiger partial charge is 0.748 e. The van der Waals surface area contributed by atoms with E-state index in [-0.39, 0.29) is 12.1 Å². The maximum absolute atomic E-state index is 13.2. The van der Waals surface area contributed by atoms with E-state index in [1.807, 2.05) is 6.07 Å². The van der Waals surface area contributed by atoms with Gasteiger partial charge in [0.15, 0.2) is 5.69 Å². The van der Waals surface area contributed by atoms with E-state index in [1.165, 1.54) is 41.9 Å². The van der Waals surface area contributed by atoms with Crippen LogP contribution in [-0.2, 0) is 26.8 Å². The van der Waals surface area contributed by atoms with E-state index < -0.39 is 17.3 Å². The Hall–Kier alpha value is -2.56. The number of carbonyl (C=O) groups excluding carboxylic acids is 1. The predicted octanol–water partition coefficient (Wildman–Crippen LogP) is 6.99. The van der Waals surface area contributed by atoms with Crippen molar-refractivity contribution in [2.24, 2.45) is 0 Å². The average molecular weight is 700 g/mol. The number of anilines is 2. The van der Waals surface area contributed by atoms with E-state index >= 15 is 0 Å². The fourth-order valence-electron chi connectivity index (χ4n) is 4.15. The van der Waals surface area contributed by atoms with Crippen LogP contribution in [0, 0.1) is 6.92 Å². The summed E-state index contributed by atoms with van der Waals surface area (Å²) in [7, 11) is 2.77. The molecule has 0 spiro atoms. The molecule has 0 fully saturated rings. The first-order valence-electron chi connectivity index (χ1n) is 12.7. The first kappa shape index (κ1) is 33.3. The number of aryl methyl sites for hydroxylation is 1. The second-order valence-electron chi connectivity index (χ2n) is 8.96. The Morgan fingerprint density at radius 3 is 2.67 bits per heavy atom. The van der Waals surface area contributed by atoms with Gasteiger partial charge in [-0.15, -0.1) is 0 Å². The number of benzene rings is 2. The van der Waals surface area contributed by atoms with E-state index in [9.17, 15) is 13.6 Å². The van der Waals surface area contributed by atoms with Crippen LogP contribution in [0.5, 0.6) is 0 Å². The molecule has 0 aliphatic carbocycles. The van der Waals surface area contributed by atoms with Crippen molar-refractivity contribution in [3.05, 3.63) is 75.0 Å². The molecule has 4 aromatic rings. The van der Waals surface area contributed by atoms with Gasteiger partial charge in [0.05, 0.1) is 28.5 Å². The number of hydroxylamine groups is 1. The summed E-state index contributed by atoms with van der Waals surface area (Å²) in [6.07, 6.45) is 1.18. The van der Waals surface area contributed by atoms with Crippen molar-refractivity contribution >= 4 is 90.9 Å². The summed E-state index contributed by atoms with van der Waals surface area (Å²) in [6, 6.07) is 12.3. The van der Waals surface area contributed by atoms with E-state index in [4.69, 9.17) is 49.4 Å². The molecular formula is C27H26Cl2N5O5S4-. The van der Waals surface area contributed by atoms with Gasteiger partial charge in [0.25, 0.3) is 0 Å². The molecule has 2 heterocycles. The van der Waals surface area contributed by atoms with Gasteiger partial charge in [0.1, 0.15) is 26.4 Å². The van der Waals surface area contributed by atoms with Gasteiger partial charge in [0, 0.05) is 24.6 Å². The minimum Gasteiger partial charge on any atom is -0.748 e. The molecule has 0 amide bonds. The molecule has 2 aromatic carbocycles. The summed E-state index contributed by atoms with van der Waals surface area (Å²) in [6.45, 7) is 3.85. The van der Waals surface area contributed by atoms with E-state index in [1.54, 1.807) is 43.3 Å². The number of esters is 1. The molecule has 0 aliphatic rings. The Labute approximate surface area is 275 Å². The van der Waals surface area contributed by atoms with Crippen LogP contribution < -0.4 is 10.4 Å². The summed E-state index contributed by atoms with van der Waals surface area (Å²) < 4.78 is 34.4. The van der Waals surface area contributed by atoms with Crippen molar-refractivity contribution in [1.82, 2.24) is 14.8 Å². The number of methoxy groups -OCH3 is 1. The molecule has 0 saturated carbocycles. The number of rotatable bonds is 11. The third-order valence-corrected chi connectivity index (χ3v) is 9.54. The van der Waals surface area contributed by atoms with Crippen molar-refractivity contribution in [3.8, 4) is 16.4 Å². The smallest absolute Gasteiger partial charge is 0.357 e. The zero-order valence-electron chi connectivity index (χ0n) is 23.4. The Bertz CT molecular complexity index is 1680. The summed E-state index contributed by atoms with van der Waals surface area (Å²) >= 11 is 18.1. The molecule has 43 heavy (non-hydrogen) atoms. The molecule has 228 valence electrons. The number of nitrogens with zero attached hydrogens (tertiary/aromatic N) is 4. The van der Waals surface area contributed by atoms with Gasteiger partial charge >= 0.3 is 5.97 Å². The average Bonchev–Trinajstić information content (AvgIpc) is 3.53. The summed E-state index contributed by atoms with van der Waals surface area (Å²) in [4.78, 5) is 18.1. The number of hydrogen-bond acceptors (Lipinski definition) is 11. The molecule has 16 heteroatoms. The number of thiocarbonyl (C=S) groups is 1. The maximum atomic E-state index is 13.2. The predicted molar refractivity (Wildman–Crippen MR) is 177 cm³/mol. The zero-order chi connectivity index (χ0) is 31.3. The Balaban J connectivity index is 1.83. The van der Waals surface area contributed by atoms with Gasteiger partial charge in [-0.25, -0.2) is 19.1 Å². The third kappa shape index (κ3) is 7.94. The van der Waals surface area contributed by atoms with Crippen LogP contribution in [0.25, 0.3) is 16.4 Å². The lowest BCUT2D eigenvalue weighted by Gasteiger charge is -2.22. The molecule has 0 radical (unpaired) electrons. The normalized spacial score (nSPS) is 11.8. The minimum absolute atomic E-state index is 0.176. The lowest BCUT2D eigenvalue weighted by atomic mass is 10.0. The monoisotopic (exact) mass is 698 g/mol. The Morgan fingerprint density at radius 1 is 1.26 bits per heavy atom. The SMILES string of the molecule is CCCSC(=S)Nc1sc(-n2nc(C)c(Cc3ccccc3N(C)OS(=O)[O-])c2C(=O)OC)nc1-c1ccc(Cl)c(Cl)c1.